The summed E-state index contributed by atoms with van der Waals surface area (Å²) in [5.74, 6) is -18.0. The molecule has 0 fully saturated rings. The first-order valence-electron chi connectivity index (χ1n) is 19.8. The van der Waals surface area contributed by atoms with Gasteiger partial charge in [0.15, 0.2) is 48.1 Å². The van der Waals surface area contributed by atoms with E-state index in [0.29, 0.717) is 0 Å². The molecule has 6 heterocycles. The molecule has 12 atom stereocenters. The molecule has 0 saturated heterocycles. The quantitative estimate of drug-likeness (QED) is 0.0177. The zero-order valence-electron chi connectivity index (χ0n) is 36.8. The van der Waals surface area contributed by atoms with E-state index in [0.717, 1.165) is 0 Å². The number of carbonyl (C=O) groups excluding carboxylic acids is 6. The SMILES string of the molecule is O=C1O[C@H]([C@@H](O)CO)C(O)=C1O.O=C1O[C@H]([C@@H](O)CO)C(O)=C1O.O=C1O[C@H]([C@@H](O)CO)C(OOOC2=C(O)C(=O)O[C@@H]2[C@@H](O)CO)=C1O.O=C1O[C@H]([C@@H](O)CO)C(OOOC2=C(O)C(=O)O[C@@H]2[C@@H](O)CO)=C1O.[Cu]. The van der Waals surface area contributed by atoms with Gasteiger partial charge in [-0.3, -0.25) is 19.6 Å². The van der Waals surface area contributed by atoms with E-state index in [1.54, 1.807) is 0 Å². The standard InChI is InChI=1S/2C12H14O13.2C6H8O6.Cu/c2*13-1-3(15)7-9(5(17)11(19)21-7)23-25-24-10-6(18)12(20)22-8(10)4(16)2-14;2*7-1-2(8)5-3(9)4(10)6(11)12-5;/h2*3-4,7-8,13-18H,1-2H2;2*2,5,7-10H,1H2;/t2*3-,4-,7+,8+;2*2-,5+;/m0000./s1. The summed E-state index contributed by atoms with van der Waals surface area (Å²) in [7, 11) is 0. The summed E-state index contributed by atoms with van der Waals surface area (Å²) in [6.07, 6.45) is -18.6. The van der Waals surface area contributed by atoms with E-state index in [2.05, 4.69) is 58.0 Å². The predicted molar refractivity (Wildman–Crippen MR) is 208 cm³/mol. The number of hydrogen-bond donors (Lipinski definition) is 20. The van der Waals surface area contributed by atoms with Crippen LogP contribution in [0.3, 0.4) is 0 Å². The second-order valence-corrected chi connectivity index (χ2v) is 14.2. The molecule has 20 N–H and O–H groups in total. The van der Waals surface area contributed by atoms with Gasteiger partial charge >= 0.3 is 35.8 Å². The van der Waals surface area contributed by atoms with Gasteiger partial charge in [0.1, 0.15) is 36.6 Å². The largest absolute Gasteiger partial charge is 0.505 e. The van der Waals surface area contributed by atoms with Crippen molar-refractivity contribution in [2.24, 2.45) is 0 Å². The minimum atomic E-state index is -1.65. The fraction of sp³-hybridized carbons (Fsp3) is 0.500. The maximum absolute atomic E-state index is 11.2. The molecular weight excluding hydrogens is 1100 g/mol. The van der Waals surface area contributed by atoms with Crippen LogP contribution in [0, 0.1) is 0 Å². The normalized spacial score (nSPS) is 25.4. The molecule has 75 heavy (non-hydrogen) atoms. The average Bonchev–Trinajstić information content (AvgIpc) is 4.17. The molecule has 1 radical (unpaired) electrons. The van der Waals surface area contributed by atoms with E-state index in [9.17, 15) is 69.6 Å². The second kappa shape index (κ2) is 28.5. The minimum Gasteiger partial charge on any atom is -0.505 e. The van der Waals surface area contributed by atoms with Gasteiger partial charge in [-0.15, -0.1) is 0 Å². The van der Waals surface area contributed by atoms with Gasteiger partial charge in [-0.25, -0.2) is 28.8 Å². The first-order valence-corrected chi connectivity index (χ1v) is 19.8. The molecule has 0 spiro atoms. The van der Waals surface area contributed by atoms with Crippen LogP contribution in [0.25, 0.3) is 0 Å². The Kier molecular flexibility index (Phi) is 24.3. The molecule has 0 aromatic carbocycles. The number of ether oxygens (including phenoxy) is 6. The maximum Gasteiger partial charge on any atom is 0.378 e. The molecule has 6 aliphatic rings. The molecule has 0 bridgehead atoms. The molecule has 39 heteroatoms. The van der Waals surface area contributed by atoms with Crippen molar-refractivity contribution >= 4 is 35.8 Å². The first kappa shape index (κ1) is 63.9. The van der Waals surface area contributed by atoms with Crippen LogP contribution in [-0.4, -0.2) is 251 Å². The van der Waals surface area contributed by atoms with Gasteiger partial charge in [0.05, 0.1) is 39.6 Å². The Morgan fingerprint density at radius 2 is 0.467 bits per heavy atom. The fourth-order valence-electron chi connectivity index (χ4n) is 5.41. The molecule has 0 aromatic heterocycles. The van der Waals surface area contributed by atoms with Crippen molar-refractivity contribution in [1.29, 1.82) is 0 Å². The van der Waals surface area contributed by atoms with Crippen molar-refractivity contribution in [3.8, 4) is 0 Å². The number of aliphatic hydroxyl groups is 20. The number of esters is 6. The molecular formula is C36H44CuO38. The third-order valence-corrected chi connectivity index (χ3v) is 9.27. The Balaban J connectivity index is 0.000000360. The Hall–Kier alpha value is -7.18. The third-order valence-electron chi connectivity index (χ3n) is 9.27. The van der Waals surface area contributed by atoms with Gasteiger partial charge in [-0.2, -0.15) is 0 Å². The van der Waals surface area contributed by atoms with Gasteiger partial charge in [-0.1, -0.05) is 0 Å². The maximum atomic E-state index is 11.2. The molecule has 0 unspecified atom stereocenters. The van der Waals surface area contributed by atoms with Crippen LogP contribution in [0.2, 0.25) is 0 Å². The van der Waals surface area contributed by atoms with E-state index in [-0.39, 0.29) is 17.1 Å². The van der Waals surface area contributed by atoms with Crippen molar-refractivity contribution in [3.63, 3.8) is 0 Å². The molecule has 0 saturated carbocycles. The molecule has 6 aliphatic heterocycles. The van der Waals surface area contributed by atoms with Gasteiger partial charge in [0.2, 0.25) is 57.6 Å². The van der Waals surface area contributed by atoms with E-state index in [4.69, 9.17) is 61.3 Å². The monoisotopic (exact) mass is 1150 g/mol. The van der Waals surface area contributed by atoms with Gasteiger partial charge in [0, 0.05) is 27.1 Å². The van der Waals surface area contributed by atoms with Crippen LogP contribution in [0.4, 0.5) is 0 Å². The summed E-state index contributed by atoms with van der Waals surface area (Å²) < 4.78 is 26.7. The van der Waals surface area contributed by atoms with E-state index >= 15 is 0 Å². The summed E-state index contributed by atoms with van der Waals surface area (Å²) >= 11 is 0. The summed E-state index contributed by atoms with van der Waals surface area (Å²) in [6.45, 7) is -4.74. The van der Waals surface area contributed by atoms with Crippen LogP contribution in [0.15, 0.2) is 69.1 Å². The van der Waals surface area contributed by atoms with Gasteiger partial charge < -0.3 is 131 Å². The van der Waals surface area contributed by atoms with Crippen molar-refractivity contribution in [2.75, 3.05) is 39.6 Å². The number of cyclic esters (lactones) is 6. The Morgan fingerprint density at radius 1 is 0.307 bits per heavy atom. The van der Waals surface area contributed by atoms with Crippen molar-refractivity contribution in [3.05, 3.63) is 69.1 Å². The predicted octanol–water partition coefficient (Wildman–Crippen LogP) is -8.89. The summed E-state index contributed by atoms with van der Waals surface area (Å²) in [5, 5.41) is 190. The van der Waals surface area contributed by atoms with Crippen LogP contribution in [0.1, 0.15) is 0 Å². The Labute approximate surface area is 423 Å². The van der Waals surface area contributed by atoms with Crippen LogP contribution < -0.4 is 0 Å². The van der Waals surface area contributed by atoms with E-state index in [1.807, 2.05) is 0 Å². The van der Waals surface area contributed by atoms with Crippen LogP contribution >= 0.6 is 0 Å². The average molecular weight is 1150 g/mol. The molecule has 38 nitrogen and oxygen atoms in total. The van der Waals surface area contributed by atoms with Crippen LogP contribution in [-0.2, 0) is 104 Å². The second-order valence-electron chi connectivity index (χ2n) is 14.2. The Morgan fingerprint density at radius 3 is 0.627 bits per heavy atom. The molecule has 427 valence electrons. The van der Waals surface area contributed by atoms with E-state index in [1.165, 1.54) is 0 Å². The van der Waals surface area contributed by atoms with Gasteiger partial charge in [-0.05, 0) is 0 Å². The topological polar surface area (TPSA) is 618 Å². The number of carbonyl (C=O) groups is 6. The summed E-state index contributed by atoms with van der Waals surface area (Å²) in [6, 6.07) is 0. The summed E-state index contributed by atoms with van der Waals surface area (Å²) in [4.78, 5) is 83.9. The number of aliphatic hydroxyl groups excluding tert-OH is 20. The zero-order chi connectivity index (χ0) is 56.0. The van der Waals surface area contributed by atoms with Crippen molar-refractivity contribution < 1.29 is 206 Å². The molecule has 0 amide bonds. The molecule has 6 rings (SSSR count). The minimum absolute atomic E-state index is 0. The zero-order valence-corrected chi connectivity index (χ0v) is 37.7. The van der Waals surface area contributed by atoms with E-state index < -0.39 is 218 Å². The summed E-state index contributed by atoms with van der Waals surface area (Å²) in [5.41, 5.74) is 0. The van der Waals surface area contributed by atoms with Gasteiger partial charge in [0.25, 0.3) is 0 Å². The number of hydrogen-bond acceptors (Lipinski definition) is 38. The Bertz CT molecular complexity index is 2020. The molecule has 0 aliphatic carbocycles. The van der Waals surface area contributed by atoms with Crippen molar-refractivity contribution in [2.45, 2.75) is 73.2 Å². The fourth-order valence-corrected chi connectivity index (χ4v) is 5.41. The van der Waals surface area contributed by atoms with Crippen LogP contribution in [0.5, 0.6) is 0 Å². The number of rotatable bonds is 20. The smallest absolute Gasteiger partial charge is 0.378 e. The first-order chi connectivity index (χ1) is 34.8. The van der Waals surface area contributed by atoms with Crippen molar-refractivity contribution in [1.82, 2.24) is 0 Å². The molecule has 0 aromatic rings. The third kappa shape index (κ3) is 15.0.